The second-order valence-electron chi connectivity index (χ2n) is 6.44. The maximum Gasteiger partial charge on any atom is 0.0386 e. The molecule has 20 heavy (non-hydrogen) atoms. The molecule has 1 aromatic heterocycles. The van der Waals surface area contributed by atoms with Gasteiger partial charge in [-0.25, -0.2) is 0 Å². The molecule has 0 bridgehead atoms. The number of nitrogens with one attached hydrogen (secondary N) is 1. The number of hydrogen-bond donors (Lipinski definition) is 1. The first kappa shape index (κ1) is 16.0. The molecule has 0 aromatic carbocycles. The molecule has 0 radical (unpaired) electrons. The van der Waals surface area contributed by atoms with Crippen LogP contribution in [0.5, 0.6) is 0 Å². The van der Waals surface area contributed by atoms with Crippen LogP contribution in [0.1, 0.15) is 61.7 Å². The minimum absolute atomic E-state index is 0.372. The summed E-state index contributed by atoms with van der Waals surface area (Å²) in [5.74, 6) is 0. The Labute approximate surface area is 128 Å². The van der Waals surface area contributed by atoms with Gasteiger partial charge in [-0.15, -0.1) is 11.3 Å². The number of nitrogens with zero attached hydrogens (tertiary/aromatic N) is 1. The number of rotatable bonds is 6. The van der Waals surface area contributed by atoms with Gasteiger partial charge in [-0.3, -0.25) is 0 Å². The van der Waals surface area contributed by atoms with Gasteiger partial charge in [0.25, 0.3) is 0 Å². The summed E-state index contributed by atoms with van der Waals surface area (Å²) >= 11 is 1.96. The molecule has 1 aliphatic carbocycles. The lowest BCUT2D eigenvalue weighted by atomic mass is 9.80. The van der Waals surface area contributed by atoms with Crippen molar-refractivity contribution in [3.63, 3.8) is 0 Å². The molecular formula is C17H30N2S. The van der Waals surface area contributed by atoms with E-state index in [2.05, 4.69) is 50.3 Å². The van der Waals surface area contributed by atoms with Crippen LogP contribution in [0.4, 0.5) is 0 Å². The van der Waals surface area contributed by atoms with Gasteiger partial charge in [-0.2, -0.15) is 0 Å². The maximum atomic E-state index is 3.80. The Morgan fingerprint density at radius 1 is 1.25 bits per heavy atom. The van der Waals surface area contributed by atoms with E-state index < -0.39 is 0 Å². The molecule has 0 aliphatic heterocycles. The van der Waals surface area contributed by atoms with Gasteiger partial charge in [0.15, 0.2) is 0 Å². The standard InChI is InChI=1S/C17H30N2S/c1-5-15-9-10-16(20-15)14(2)18-13-17(19(3)4)11-7-6-8-12-17/h9-10,14,18H,5-8,11-13H2,1-4H3. The van der Waals surface area contributed by atoms with E-state index in [1.807, 2.05) is 11.3 Å². The van der Waals surface area contributed by atoms with E-state index in [0.29, 0.717) is 11.6 Å². The van der Waals surface area contributed by atoms with Gasteiger partial charge in [0, 0.05) is 27.9 Å². The molecule has 0 saturated heterocycles. The molecule has 1 atom stereocenters. The Kier molecular flexibility index (Phi) is 5.65. The highest BCUT2D eigenvalue weighted by molar-refractivity contribution is 7.12. The van der Waals surface area contributed by atoms with E-state index in [9.17, 15) is 0 Å². The molecule has 1 fully saturated rings. The molecule has 0 spiro atoms. The van der Waals surface area contributed by atoms with Crippen molar-refractivity contribution in [2.75, 3.05) is 20.6 Å². The van der Waals surface area contributed by atoms with Crippen LogP contribution in [0.3, 0.4) is 0 Å². The fourth-order valence-corrected chi connectivity index (χ4v) is 4.23. The second kappa shape index (κ2) is 7.06. The smallest absolute Gasteiger partial charge is 0.0386 e. The third-order valence-electron chi connectivity index (χ3n) is 4.93. The van der Waals surface area contributed by atoms with Crippen LogP contribution in [-0.4, -0.2) is 31.1 Å². The van der Waals surface area contributed by atoms with Gasteiger partial charge < -0.3 is 10.2 Å². The number of thiophene rings is 1. The summed E-state index contributed by atoms with van der Waals surface area (Å²) in [4.78, 5) is 5.43. The van der Waals surface area contributed by atoms with Crippen LogP contribution < -0.4 is 5.32 Å². The van der Waals surface area contributed by atoms with E-state index in [0.717, 1.165) is 13.0 Å². The first-order valence-electron chi connectivity index (χ1n) is 8.07. The largest absolute Gasteiger partial charge is 0.308 e. The first-order valence-corrected chi connectivity index (χ1v) is 8.88. The topological polar surface area (TPSA) is 15.3 Å². The second-order valence-corrected chi connectivity index (χ2v) is 7.64. The molecule has 1 N–H and O–H groups in total. The maximum absolute atomic E-state index is 3.80. The predicted octanol–water partition coefficient (Wildman–Crippen LogP) is 4.23. The molecule has 114 valence electrons. The first-order chi connectivity index (χ1) is 9.57. The molecular weight excluding hydrogens is 264 g/mol. The van der Waals surface area contributed by atoms with Crippen LogP contribution >= 0.6 is 11.3 Å². The highest BCUT2D eigenvalue weighted by atomic mass is 32.1. The van der Waals surface area contributed by atoms with Crippen molar-refractivity contribution in [3.05, 3.63) is 21.9 Å². The monoisotopic (exact) mass is 294 g/mol. The average molecular weight is 295 g/mol. The minimum atomic E-state index is 0.372. The summed E-state index contributed by atoms with van der Waals surface area (Å²) in [6.45, 7) is 5.65. The Bertz CT molecular complexity index is 405. The highest BCUT2D eigenvalue weighted by Gasteiger charge is 2.34. The summed E-state index contributed by atoms with van der Waals surface area (Å²) in [5, 5.41) is 3.80. The van der Waals surface area contributed by atoms with E-state index in [-0.39, 0.29) is 0 Å². The molecule has 1 aromatic rings. The normalized spacial score (nSPS) is 20.2. The quantitative estimate of drug-likeness (QED) is 0.845. The molecule has 2 rings (SSSR count). The highest BCUT2D eigenvalue weighted by Crippen LogP contribution is 2.32. The molecule has 1 saturated carbocycles. The molecule has 1 unspecified atom stereocenters. The summed E-state index contributed by atoms with van der Waals surface area (Å²) in [6, 6.07) is 5.05. The van der Waals surface area contributed by atoms with Crippen molar-refractivity contribution >= 4 is 11.3 Å². The molecule has 3 heteroatoms. The van der Waals surface area contributed by atoms with Crippen molar-refractivity contribution in [3.8, 4) is 0 Å². The van der Waals surface area contributed by atoms with Crippen molar-refractivity contribution in [2.45, 2.75) is 64.0 Å². The van der Waals surface area contributed by atoms with E-state index >= 15 is 0 Å². The predicted molar refractivity (Wildman–Crippen MR) is 89.6 cm³/mol. The fraction of sp³-hybridized carbons (Fsp3) is 0.765. The molecule has 1 heterocycles. The lowest BCUT2D eigenvalue weighted by Gasteiger charge is -2.43. The summed E-state index contributed by atoms with van der Waals surface area (Å²) in [7, 11) is 4.50. The van der Waals surface area contributed by atoms with E-state index in [4.69, 9.17) is 0 Å². The molecule has 1 aliphatic rings. The van der Waals surface area contributed by atoms with Gasteiger partial charge >= 0.3 is 0 Å². The van der Waals surface area contributed by atoms with Gasteiger partial charge in [0.1, 0.15) is 0 Å². The van der Waals surface area contributed by atoms with Crippen molar-refractivity contribution in [2.24, 2.45) is 0 Å². The van der Waals surface area contributed by atoms with Crippen LogP contribution in [0.25, 0.3) is 0 Å². The SMILES string of the molecule is CCc1ccc(C(C)NCC2(N(C)C)CCCCC2)s1. The third-order valence-corrected chi connectivity index (χ3v) is 6.34. The van der Waals surface area contributed by atoms with Gasteiger partial charge in [-0.1, -0.05) is 26.2 Å². The lowest BCUT2D eigenvalue weighted by molar-refractivity contribution is 0.0960. The van der Waals surface area contributed by atoms with Crippen molar-refractivity contribution < 1.29 is 0 Å². The lowest BCUT2D eigenvalue weighted by Crippen LogP contribution is -2.53. The van der Waals surface area contributed by atoms with Gasteiger partial charge in [0.2, 0.25) is 0 Å². The Morgan fingerprint density at radius 3 is 2.50 bits per heavy atom. The van der Waals surface area contributed by atoms with E-state index in [1.54, 1.807) is 0 Å². The summed E-state index contributed by atoms with van der Waals surface area (Å²) in [5.41, 5.74) is 0.372. The van der Waals surface area contributed by atoms with Crippen LogP contribution in [0.15, 0.2) is 12.1 Å². The van der Waals surface area contributed by atoms with Crippen LogP contribution in [-0.2, 0) is 6.42 Å². The zero-order valence-corrected chi connectivity index (χ0v) is 14.4. The fourth-order valence-electron chi connectivity index (χ4n) is 3.25. The van der Waals surface area contributed by atoms with Crippen LogP contribution in [0, 0.1) is 0 Å². The zero-order valence-electron chi connectivity index (χ0n) is 13.5. The number of hydrogen-bond acceptors (Lipinski definition) is 3. The van der Waals surface area contributed by atoms with Crippen molar-refractivity contribution in [1.82, 2.24) is 10.2 Å². The zero-order chi connectivity index (χ0) is 14.6. The molecule has 2 nitrogen and oxygen atoms in total. The van der Waals surface area contributed by atoms with Crippen molar-refractivity contribution in [1.29, 1.82) is 0 Å². The van der Waals surface area contributed by atoms with E-state index in [1.165, 1.54) is 41.9 Å². The van der Waals surface area contributed by atoms with Crippen LogP contribution in [0.2, 0.25) is 0 Å². The Balaban J connectivity index is 1.95. The third kappa shape index (κ3) is 3.63. The number of aryl methyl sites for hydroxylation is 1. The number of likely N-dealkylation sites (N-methyl/N-ethyl adjacent to an activating group) is 1. The van der Waals surface area contributed by atoms with Gasteiger partial charge in [-0.05, 0) is 52.4 Å². The Morgan fingerprint density at radius 2 is 1.95 bits per heavy atom. The Hall–Kier alpha value is -0.380. The minimum Gasteiger partial charge on any atom is -0.308 e. The average Bonchev–Trinajstić information content (AvgIpc) is 2.94. The summed E-state index contributed by atoms with van der Waals surface area (Å²) in [6.07, 6.45) is 8.00. The summed E-state index contributed by atoms with van der Waals surface area (Å²) < 4.78 is 0. The molecule has 0 amide bonds. The van der Waals surface area contributed by atoms with Gasteiger partial charge in [0.05, 0.1) is 0 Å².